The van der Waals surface area contributed by atoms with Crippen LogP contribution in [0, 0.1) is 0 Å². The highest BCUT2D eigenvalue weighted by molar-refractivity contribution is 5.13. The molecule has 0 saturated heterocycles. The van der Waals surface area contributed by atoms with Gasteiger partial charge in [0, 0.05) is 18.4 Å². The number of hydrogen-bond acceptors (Lipinski definition) is 2. The minimum atomic E-state index is 0.480. The maximum atomic E-state index is 4.23. The summed E-state index contributed by atoms with van der Waals surface area (Å²) in [7, 11) is 0. The van der Waals surface area contributed by atoms with E-state index in [-0.39, 0.29) is 0 Å². The molecule has 1 heterocycles. The van der Waals surface area contributed by atoms with E-state index in [0.717, 1.165) is 6.54 Å². The Hall–Kier alpha value is -0.890. The van der Waals surface area contributed by atoms with E-state index in [2.05, 4.69) is 30.2 Å². The molecular weight excluding hydrogens is 244 g/mol. The standard InChI is InChI=1S/C18H32N2/c1-3-5-6-7-8-9-10-11-14-18(20-4-2)17-13-12-15-19-16-17/h12-13,15-16,18,20H,3-11,14H2,1-2H3. The van der Waals surface area contributed by atoms with E-state index in [0.29, 0.717) is 6.04 Å². The van der Waals surface area contributed by atoms with Crippen LogP contribution in [0.25, 0.3) is 0 Å². The molecule has 0 spiro atoms. The second-order valence-electron chi connectivity index (χ2n) is 5.66. The lowest BCUT2D eigenvalue weighted by molar-refractivity contribution is 0.474. The van der Waals surface area contributed by atoms with Gasteiger partial charge < -0.3 is 5.32 Å². The van der Waals surface area contributed by atoms with Gasteiger partial charge in [0.15, 0.2) is 0 Å². The number of unbranched alkanes of at least 4 members (excludes halogenated alkanes) is 7. The normalized spacial score (nSPS) is 12.5. The SMILES string of the molecule is CCCCCCCCCCC(NCC)c1cccnc1. The zero-order valence-corrected chi connectivity index (χ0v) is 13.4. The first kappa shape index (κ1) is 17.2. The molecule has 0 aliphatic rings. The highest BCUT2D eigenvalue weighted by atomic mass is 14.9. The summed E-state index contributed by atoms with van der Waals surface area (Å²) in [5.41, 5.74) is 1.33. The fraction of sp³-hybridized carbons (Fsp3) is 0.722. The van der Waals surface area contributed by atoms with Crippen molar-refractivity contribution in [3.63, 3.8) is 0 Å². The Morgan fingerprint density at radius 2 is 1.70 bits per heavy atom. The van der Waals surface area contributed by atoms with Gasteiger partial charge in [-0.2, -0.15) is 0 Å². The second kappa shape index (κ2) is 11.9. The summed E-state index contributed by atoms with van der Waals surface area (Å²) in [4.78, 5) is 4.23. The minimum absolute atomic E-state index is 0.480. The lowest BCUT2D eigenvalue weighted by Crippen LogP contribution is -2.20. The molecule has 1 N–H and O–H groups in total. The van der Waals surface area contributed by atoms with Crippen molar-refractivity contribution < 1.29 is 0 Å². The maximum Gasteiger partial charge on any atom is 0.0335 e. The van der Waals surface area contributed by atoms with Crippen molar-refractivity contribution in [2.75, 3.05) is 6.54 Å². The Labute approximate surface area is 125 Å². The van der Waals surface area contributed by atoms with Gasteiger partial charge in [-0.05, 0) is 24.6 Å². The monoisotopic (exact) mass is 276 g/mol. The van der Waals surface area contributed by atoms with E-state index in [4.69, 9.17) is 0 Å². The smallest absolute Gasteiger partial charge is 0.0335 e. The molecule has 1 aromatic rings. The van der Waals surface area contributed by atoms with Gasteiger partial charge in [-0.1, -0.05) is 71.3 Å². The van der Waals surface area contributed by atoms with Crippen LogP contribution in [0.15, 0.2) is 24.5 Å². The average Bonchev–Trinajstić information content (AvgIpc) is 2.50. The number of aromatic nitrogens is 1. The van der Waals surface area contributed by atoms with Crippen LogP contribution in [0.1, 0.15) is 83.2 Å². The van der Waals surface area contributed by atoms with Crippen LogP contribution in [0.5, 0.6) is 0 Å². The van der Waals surface area contributed by atoms with E-state index < -0.39 is 0 Å². The Bertz CT molecular complexity index is 310. The van der Waals surface area contributed by atoms with Gasteiger partial charge >= 0.3 is 0 Å². The van der Waals surface area contributed by atoms with Gasteiger partial charge in [0.1, 0.15) is 0 Å². The molecule has 20 heavy (non-hydrogen) atoms. The van der Waals surface area contributed by atoms with Crippen LogP contribution in [0.4, 0.5) is 0 Å². The van der Waals surface area contributed by atoms with E-state index >= 15 is 0 Å². The Kier molecular flexibility index (Phi) is 10.2. The number of pyridine rings is 1. The molecule has 0 bridgehead atoms. The van der Waals surface area contributed by atoms with Crippen molar-refractivity contribution in [2.45, 2.75) is 77.7 Å². The fourth-order valence-corrected chi connectivity index (χ4v) is 2.70. The summed E-state index contributed by atoms with van der Waals surface area (Å²) >= 11 is 0. The van der Waals surface area contributed by atoms with Crippen molar-refractivity contribution in [3.05, 3.63) is 30.1 Å². The summed E-state index contributed by atoms with van der Waals surface area (Å²) in [6.45, 7) is 5.48. The molecular formula is C18H32N2. The van der Waals surface area contributed by atoms with Crippen LogP contribution in [-0.4, -0.2) is 11.5 Å². The Balaban J connectivity index is 2.14. The van der Waals surface area contributed by atoms with Crippen molar-refractivity contribution in [2.24, 2.45) is 0 Å². The van der Waals surface area contributed by atoms with E-state index in [9.17, 15) is 0 Å². The minimum Gasteiger partial charge on any atom is -0.310 e. The summed E-state index contributed by atoms with van der Waals surface area (Å²) < 4.78 is 0. The van der Waals surface area contributed by atoms with Crippen molar-refractivity contribution in [1.29, 1.82) is 0 Å². The number of nitrogens with zero attached hydrogens (tertiary/aromatic N) is 1. The van der Waals surface area contributed by atoms with Gasteiger partial charge in [0.25, 0.3) is 0 Å². The molecule has 2 heteroatoms. The molecule has 1 atom stereocenters. The quantitative estimate of drug-likeness (QED) is 0.526. The average molecular weight is 276 g/mol. The summed E-state index contributed by atoms with van der Waals surface area (Å²) in [6.07, 6.45) is 16.2. The van der Waals surface area contributed by atoms with Gasteiger partial charge in [0.2, 0.25) is 0 Å². The third-order valence-electron chi connectivity index (χ3n) is 3.88. The first-order valence-electron chi connectivity index (χ1n) is 8.51. The van der Waals surface area contributed by atoms with Crippen LogP contribution < -0.4 is 5.32 Å². The first-order chi connectivity index (χ1) is 9.88. The van der Waals surface area contributed by atoms with Crippen LogP contribution in [0.2, 0.25) is 0 Å². The molecule has 0 saturated carbocycles. The van der Waals surface area contributed by atoms with Crippen LogP contribution in [0.3, 0.4) is 0 Å². The van der Waals surface area contributed by atoms with Gasteiger partial charge in [0.05, 0.1) is 0 Å². The zero-order valence-electron chi connectivity index (χ0n) is 13.4. The van der Waals surface area contributed by atoms with Gasteiger partial charge in [-0.15, -0.1) is 0 Å². The number of hydrogen-bond donors (Lipinski definition) is 1. The highest BCUT2D eigenvalue weighted by Gasteiger charge is 2.09. The molecule has 0 radical (unpaired) electrons. The van der Waals surface area contributed by atoms with Gasteiger partial charge in [-0.25, -0.2) is 0 Å². The second-order valence-corrected chi connectivity index (χ2v) is 5.66. The van der Waals surface area contributed by atoms with E-state index in [1.165, 1.54) is 63.4 Å². The third-order valence-corrected chi connectivity index (χ3v) is 3.88. The maximum absolute atomic E-state index is 4.23. The third kappa shape index (κ3) is 7.64. The molecule has 1 aromatic heterocycles. The van der Waals surface area contributed by atoms with Crippen LogP contribution >= 0.6 is 0 Å². The Morgan fingerprint density at radius 1 is 1.00 bits per heavy atom. The topological polar surface area (TPSA) is 24.9 Å². The largest absolute Gasteiger partial charge is 0.310 e. The summed E-state index contributed by atoms with van der Waals surface area (Å²) in [5, 5.41) is 3.58. The van der Waals surface area contributed by atoms with Gasteiger partial charge in [-0.3, -0.25) is 4.98 Å². The van der Waals surface area contributed by atoms with E-state index in [1.54, 1.807) is 0 Å². The molecule has 2 nitrogen and oxygen atoms in total. The van der Waals surface area contributed by atoms with Crippen molar-refractivity contribution in [3.8, 4) is 0 Å². The molecule has 1 unspecified atom stereocenters. The molecule has 114 valence electrons. The molecule has 0 aliphatic carbocycles. The number of nitrogens with one attached hydrogen (secondary N) is 1. The molecule has 0 aliphatic heterocycles. The lowest BCUT2D eigenvalue weighted by atomic mass is 10.0. The zero-order chi connectivity index (χ0) is 14.5. The predicted molar refractivity (Wildman–Crippen MR) is 87.9 cm³/mol. The lowest BCUT2D eigenvalue weighted by Gasteiger charge is -2.17. The molecule has 0 aromatic carbocycles. The first-order valence-corrected chi connectivity index (χ1v) is 8.51. The summed E-state index contributed by atoms with van der Waals surface area (Å²) in [6, 6.07) is 4.70. The number of rotatable bonds is 12. The van der Waals surface area contributed by atoms with Crippen molar-refractivity contribution in [1.82, 2.24) is 10.3 Å². The molecule has 0 amide bonds. The Morgan fingerprint density at radius 3 is 2.30 bits per heavy atom. The predicted octanol–water partition coefficient (Wildman–Crippen LogP) is 5.26. The van der Waals surface area contributed by atoms with Crippen LogP contribution in [-0.2, 0) is 0 Å². The fourth-order valence-electron chi connectivity index (χ4n) is 2.70. The summed E-state index contributed by atoms with van der Waals surface area (Å²) in [5.74, 6) is 0. The van der Waals surface area contributed by atoms with E-state index in [1.807, 2.05) is 18.5 Å². The molecule has 1 rings (SSSR count). The highest BCUT2D eigenvalue weighted by Crippen LogP contribution is 2.19. The van der Waals surface area contributed by atoms with Crippen molar-refractivity contribution >= 4 is 0 Å². The molecule has 0 fully saturated rings.